The summed E-state index contributed by atoms with van der Waals surface area (Å²) in [5, 5.41) is 14.2. The molecule has 9 heteroatoms. The minimum Gasteiger partial charge on any atom is -0.391 e. The van der Waals surface area contributed by atoms with E-state index in [2.05, 4.69) is 31.3 Å². The van der Waals surface area contributed by atoms with Gasteiger partial charge in [-0.15, -0.1) is 0 Å². The molecule has 0 aliphatic rings. The van der Waals surface area contributed by atoms with Gasteiger partial charge in [0.2, 0.25) is 5.91 Å². The molecule has 0 heterocycles. The molecule has 1 amide bonds. The van der Waals surface area contributed by atoms with Crippen molar-refractivity contribution >= 4 is 13.7 Å². The van der Waals surface area contributed by atoms with Crippen LogP contribution in [-0.2, 0) is 18.4 Å². The Morgan fingerprint density at radius 2 is 0.675 bits per heavy atom. The van der Waals surface area contributed by atoms with Crippen molar-refractivity contribution in [2.24, 2.45) is 0 Å². The number of carbonyl (C=O) groups is 1. The third kappa shape index (κ3) is 64.8. The summed E-state index contributed by atoms with van der Waals surface area (Å²) in [4.78, 5) is 23.5. The molecule has 0 saturated heterocycles. The summed E-state index contributed by atoms with van der Waals surface area (Å²) in [5.41, 5.74) is 0. The lowest BCUT2D eigenvalue weighted by molar-refractivity contribution is -0.870. The summed E-state index contributed by atoms with van der Waals surface area (Å²) in [7, 11) is 1.64. The Bertz CT molecular complexity index is 1310. The van der Waals surface area contributed by atoms with E-state index < -0.39 is 20.0 Å². The van der Waals surface area contributed by atoms with E-state index in [0.29, 0.717) is 23.9 Å². The van der Waals surface area contributed by atoms with Gasteiger partial charge in [0.05, 0.1) is 39.9 Å². The fourth-order valence-corrected chi connectivity index (χ4v) is 12.1. The molecule has 0 aliphatic heterocycles. The predicted octanol–water partition coefficient (Wildman–Crippen LogP) is 22.9. The first-order valence-electron chi connectivity index (χ1n) is 36.1. The smallest absolute Gasteiger partial charge is 0.391 e. The molecular formula is C71H144N2O6P+. The molecule has 3 unspecified atom stereocenters. The van der Waals surface area contributed by atoms with Crippen molar-refractivity contribution in [2.45, 2.75) is 398 Å². The summed E-state index contributed by atoms with van der Waals surface area (Å²) < 4.78 is 23.9. The van der Waals surface area contributed by atoms with Crippen LogP contribution in [0.25, 0.3) is 0 Å². The van der Waals surface area contributed by atoms with Gasteiger partial charge in [0.15, 0.2) is 0 Å². The number of allylic oxidation sites excluding steroid dienone is 2. The Kier molecular flexibility index (Phi) is 62.2. The van der Waals surface area contributed by atoms with Crippen LogP contribution in [0, 0.1) is 0 Å². The van der Waals surface area contributed by atoms with Crippen molar-refractivity contribution in [2.75, 3.05) is 40.9 Å². The van der Waals surface area contributed by atoms with E-state index in [1.807, 2.05) is 21.1 Å². The molecule has 0 aromatic heterocycles. The van der Waals surface area contributed by atoms with Gasteiger partial charge in [-0.1, -0.05) is 353 Å². The maximum absolute atomic E-state index is 13.1. The van der Waals surface area contributed by atoms with E-state index in [4.69, 9.17) is 9.05 Å². The molecule has 478 valence electrons. The number of aliphatic hydroxyl groups excluding tert-OH is 1. The number of amides is 1. The normalized spacial score (nSPS) is 13.6. The first-order valence-corrected chi connectivity index (χ1v) is 37.5. The third-order valence-electron chi connectivity index (χ3n) is 17.0. The molecule has 0 radical (unpaired) electrons. The number of rotatable bonds is 68. The van der Waals surface area contributed by atoms with Gasteiger partial charge in [0.25, 0.3) is 0 Å². The molecule has 0 aromatic carbocycles. The molecule has 3 N–H and O–H groups in total. The summed E-state index contributed by atoms with van der Waals surface area (Å²) in [6, 6.07) is -0.759. The summed E-state index contributed by atoms with van der Waals surface area (Å²) in [6.07, 6.45) is 80.4. The first-order chi connectivity index (χ1) is 39.0. The number of nitrogens with one attached hydrogen (secondary N) is 1. The van der Waals surface area contributed by atoms with Gasteiger partial charge in [-0.2, -0.15) is 0 Å². The van der Waals surface area contributed by atoms with E-state index in [-0.39, 0.29) is 19.1 Å². The second-order valence-corrected chi connectivity index (χ2v) is 27.8. The number of quaternary nitrogens is 1. The fourth-order valence-electron chi connectivity index (χ4n) is 11.4. The van der Waals surface area contributed by atoms with Crippen molar-refractivity contribution in [3.8, 4) is 0 Å². The van der Waals surface area contributed by atoms with E-state index in [1.54, 1.807) is 0 Å². The topological polar surface area (TPSA) is 105 Å². The number of unbranched alkanes of at least 4 members (excludes halogenated alkanes) is 53. The number of hydrogen-bond donors (Lipinski definition) is 3. The SMILES string of the molecule is CCCCCCCCCC/C=C\CCCCCCCCCCCCCCCCCCCCCC(=O)NC(COP(=O)(O)OCC[N+](C)(C)C)C(O)CCCCCCCCCCCCCCCCCCCCCCCCCCCCC. The van der Waals surface area contributed by atoms with Crippen LogP contribution in [0.15, 0.2) is 12.2 Å². The minimum absolute atomic E-state index is 0.0785. The van der Waals surface area contributed by atoms with Crippen LogP contribution in [0.5, 0.6) is 0 Å². The van der Waals surface area contributed by atoms with Gasteiger partial charge >= 0.3 is 7.82 Å². The molecular weight excluding hydrogens is 1010 g/mol. The fraction of sp³-hybridized carbons (Fsp3) is 0.958. The van der Waals surface area contributed by atoms with E-state index in [0.717, 1.165) is 38.5 Å². The molecule has 3 atom stereocenters. The minimum atomic E-state index is -4.33. The highest BCUT2D eigenvalue weighted by molar-refractivity contribution is 7.47. The lowest BCUT2D eigenvalue weighted by Gasteiger charge is -2.26. The molecule has 0 rings (SSSR count). The van der Waals surface area contributed by atoms with Crippen LogP contribution in [0.2, 0.25) is 0 Å². The molecule has 0 fully saturated rings. The maximum atomic E-state index is 13.1. The lowest BCUT2D eigenvalue weighted by Crippen LogP contribution is -2.46. The van der Waals surface area contributed by atoms with Gasteiger partial charge in [-0.25, -0.2) is 4.57 Å². The molecule has 0 spiro atoms. The number of likely N-dealkylation sites (N-methyl/N-ethyl adjacent to an activating group) is 1. The number of hydrogen-bond acceptors (Lipinski definition) is 5. The molecule has 0 bridgehead atoms. The number of phosphoric ester groups is 1. The quantitative estimate of drug-likeness (QED) is 0.0243. The van der Waals surface area contributed by atoms with Crippen molar-refractivity contribution in [1.29, 1.82) is 0 Å². The highest BCUT2D eigenvalue weighted by atomic mass is 31.2. The number of phosphoric acid groups is 1. The highest BCUT2D eigenvalue weighted by Gasteiger charge is 2.28. The Morgan fingerprint density at radius 1 is 0.412 bits per heavy atom. The molecule has 0 aliphatic carbocycles. The molecule has 0 saturated carbocycles. The van der Waals surface area contributed by atoms with Crippen LogP contribution in [-0.4, -0.2) is 73.4 Å². The van der Waals surface area contributed by atoms with Crippen molar-refractivity contribution in [3.05, 3.63) is 12.2 Å². The van der Waals surface area contributed by atoms with Gasteiger partial charge in [-0.3, -0.25) is 13.8 Å². The lowest BCUT2D eigenvalue weighted by atomic mass is 10.0. The Balaban J connectivity index is 3.98. The second kappa shape index (κ2) is 62.8. The summed E-state index contributed by atoms with van der Waals surface area (Å²) >= 11 is 0. The molecule has 0 aromatic rings. The Labute approximate surface area is 501 Å². The van der Waals surface area contributed by atoms with Crippen LogP contribution in [0.1, 0.15) is 386 Å². The van der Waals surface area contributed by atoms with Crippen molar-refractivity contribution in [1.82, 2.24) is 5.32 Å². The zero-order valence-corrected chi connectivity index (χ0v) is 55.8. The van der Waals surface area contributed by atoms with E-state index in [9.17, 15) is 19.4 Å². The zero-order valence-electron chi connectivity index (χ0n) is 54.9. The number of aliphatic hydroxyl groups is 1. The average molecular weight is 1150 g/mol. The first kappa shape index (κ1) is 79.2. The highest BCUT2D eigenvalue weighted by Crippen LogP contribution is 2.43. The Hall–Kier alpha value is -0.760. The second-order valence-electron chi connectivity index (χ2n) is 26.3. The Morgan fingerprint density at radius 3 is 0.963 bits per heavy atom. The molecule has 80 heavy (non-hydrogen) atoms. The summed E-state index contributed by atoms with van der Waals surface area (Å²) in [6.45, 7) is 4.96. The van der Waals surface area contributed by atoms with Crippen LogP contribution in [0.3, 0.4) is 0 Å². The standard InChI is InChI=1S/C71H143N2O6P/c1-6-8-10-12-14-16-18-20-22-24-26-28-30-32-34-35-36-37-39-41-43-45-47-49-51-53-55-57-59-61-63-65-71(75)72-69(68-79-80(76,77)78-67-66-73(3,4)5)70(74)64-62-60-58-56-54-52-50-48-46-44-42-40-38-33-31-29-27-25-23-21-19-17-15-13-11-9-7-2/h24,26,69-70,74H,6-23,25,27-68H2,1-5H3,(H-,72,75,76,77)/p+1/b26-24-. The van der Waals surface area contributed by atoms with E-state index >= 15 is 0 Å². The zero-order chi connectivity index (χ0) is 58.4. The van der Waals surface area contributed by atoms with Gasteiger partial charge in [-0.05, 0) is 38.5 Å². The van der Waals surface area contributed by atoms with Gasteiger partial charge in [0.1, 0.15) is 13.2 Å². The molecule has 8 nitrogen and oxygen atoms in total. The van der Waals surface area contributed by atoms with Crippen LogP contribution >= 0.6 is 7.82 Å². The average Bonchev–Trinajstić information content (AvgIpc) is 3.42. The van der Waals surface area contributed by atoms with E-state index in [1.165, 1.54) is 321 Å². The predicted molar refractivity (Wildman–Crippen MR) is 351 cm³/mol. The largest absolute Gasteiger partial charge is 0.472 e. The van der Waals surface area contributed by atoms with Crippen LogP contribution < -0.4 is 5.32 Å². The van der Waals surface area contributed by atoms with Crippen molar-refractivity contribution < 1.29 is 32.9 Å². The number of carbonyl (C=O) groups excluding carboxylic acids is 1. The third-order valence-corrected chi connectivity index (χ3v) is 18.0. The van der Waals surface area contributed by atoms with Crippen LogP contribution in [0.4, 0.5) is 0 Å². The van der Waals surface area contributed by atoms with Gasteiger partial charge in [0, 0.05) is 6.42 Å². The van der Waals surface area contributed by atoms with Gasteiger partial charge < -0.3 is 19.8 Å². The summed E-state index contributed by atoms with van der Waals surface area (Å²) in [5.74, 6) is -0.134. The maximum Gasteiger partial charge on any atom is 0.472 e. The van der Waals surface area contributed by atoms with Crippen molar-refractivity contribution in [3.63, 3.8) is 0 Å². The monoisotopic (exact) mass is 1150 g/mol. The number of nitrogens with zero attached hydrogens (tertiary/aromatic N) is 1.